The van der Waals surface area contributed by atoms with Crippen molar-refractivity contribution in [1.82, 2.24) is 10.6 Å². The number of amides is 1. The maximum absolute atomic E-state index is 11.6. The molecule has 1 atom stereocenters. The molecular formula is C13H24N2O. The van der Waals surface area contributed by atoms with Gasteiger partial charge in [-0.15, -0.1) is 0 Å². The Morgan fingerprint density at radius 3 is 2.56 bits per heavy atom. The fourth-order valence-corrected chi connectivity index (χ4v) is 2.78. The van der Waals surface area contributed by atoms with Gasteiger partial charge in [0.1, 0.15) is 0 Å². The molecule has 1 aliphatic heterocycles. The lowest BCUT2D eigenvalue weighted by atomic mass is 9.75. The van der Waals surface area contributed by atoms with Crippen LogP contribution in [-0.2, 0) is 4.79 Å². The van der Waals surface area contributed by atoms with Crippen LogP contribution in [0.25, 0.3) is 0 Å². The molecule has 0 bridgehead atoms. The average molecular weight is 224 g/mol. The van der Waals surface area contributed by atoms with E-state index in [1.54, 1.807) is 0 Å². The van der Waals surface area contributed by atoms with E-state index in [4.69, 9.17) is 0 Å². The summed E-state index contributed by atoms with van der Waals surface area (Å²) in [6.07, 6.45) is 7.11. The molecule has 3 heteroatoms. The summed E-state index contributed by atoms with van der Waals surface area (Å²) in [4.78, 5) is 11.6. The first-order valence-corrected chi connectivity index (χ1v) is 6.61. The van der Waals surface area contributed by atoms with Crippen LogP contribution >= 0.6 is 0 Å². The van der Waals surface area contributed by atoms with Crippen LogP contribution in [0.4, 0.5) is 0 Å². The van der Waals surface area contributed by atoms with E-state index in [1.807, 2.05) is 0 Å². The molecule has 0 aromatic carbocycles. The highest BCUT2D eigenvalue weighted by Gasteiger charge is 2.30. The summed E-state index contributed by atoms with van der Waals surface area (Å²) >= 11 is 0. The van der Waals surface area contributed by atoms with Crippen molar-refractivity contribution < 1.29 is 4.79 Å². The Balaban J connectivity index is 1.80. The maximum Gasteiger partial charge on any atom is 0.237 e. The summed E-state index contributed by atoms with van der Waals surface area (Å²) in [7, 11) is 0. The molecular weight excluding hydrogens is 200 g/mol. The summed E-state index contributed by atoms with van der Waals surface area (Å²) in [6, 6.07) is 0.627. The molecule has 0 radical (unpaired) electrons. The summed E-state index contributed by atoms with van der Waals surface area (Å²) in [5, 5.41) is 6.47. The van der Waals surface area contributed by atoms with Crippen molar-refractivity contribution in [1.29, 1.82) is 0 Å². The predicted octanol–water partition coefficient (Wildman–Crippen LogP) is 1.82. The lowest BCUT2D eigenvalue weighted by molar-refractivity contribution is -0.124. The van der Waals surface area contributed by atoms with Gasteiger partial charge in [-0.3, -0.25) is 4.79 Å². The van der Waals surface area contributed by atoms with E-state index in [0.29, 0.717) is 11.5 Å². The number of nitrogens with one attached hydrogen (secondary N) is 2. The minimum absolute atomic E-state index is 0.0694. The average Bonchev–Trinajstić information content (AvgIpc) is 2.24. The number of rotatable bonds is 2. The molecule has 1 heterocycles. The van der Waals surface area contributed by atoms with Crippen LogP contribution in [0.15, 0.2) is 0 Å². The Hall–Kier alpha value is -0.570. The minimum atomic E-state index is 0.0694. The molecule has 3 nitrogen and oxygen atoms in total. The Kier molecular flexibility index (Phi) is 3.53. The van der Waals surface area contributed by atoms with Gasteiger partial charge in [-0.2, -0.15) is 0 Å². The first kappa shape index (κ1) is 11.9. The zero-order valence-electron chi connectivity index (χ0n) is 10.5. The second kappa shape index (κ2) is 4.74. The number of piperidine rings is 1. The van der Waals surface area contributed by atoms with Gasteiger partial charge in [-0.1, -0.05) is 13.8 Å². The molecule has 1 aliphatic carbocycles. The fraction of sp³-hybridized carbons (Fsp3) is 0.923. The normalized spacial score (nSPS) is 31.1. The first-order chi connectivity index (χ1) is 7.57. The summed E-state index contributed by atoms with van der Waals surface area (Å²) in [6.45, 7) is 5.54. The molecule has 2 fully saturated rings. The van der Waals surface area contributed by atoms with Crippen LogP contribution in [0.2, 0.25) is 0 Å². The van der Waals surface area contributed by atoms with Crippen molar-refractivity contribution in [3.8, 4) is 0 Å². The van der Waals surface area contributed by atoms with E-state index in [1.165, 1.54) is 25.7 Å². The molecule has 2 rings (SSSR count). The van der Waals surface area contributed by atoms with Gasteiger partial charge < -0.3 is 10.6 Å². The maximum atomic E-state index is 11.6. The third-order valence-corrected chi connectivity index (χ3v) is 4.06. The molecule has 0 aromatic heterocycles. The van der Waals surface area contributed by atoms with E-state index in [2.05, 4.69) is 24.5 Å². The predicted molar refractivity (Wildman–Crippen MR) is 65.2 cm³/mol. The second-order valence-electron chi connectivity index (χ2n) is 6.09. The number of hydrogen-bond acceptors (Lipinski definition) is 2. The van der Waals surface area contributed by atoms with E-state index in [9.17, 15) is 4.79 Å². The minimum Gasteiger partial charge on any atom is -0.355 e. The molecule has 1 saturated heterocycles. The monoisotopic (exact) mass is 224 g/mol. The Bertz CT molecular complexity index is 253. The van der Waals surface area contributed by atoms with E-state index in [0.717, 1.165) is 19.4 Å². The Morgan fingerprint density at radius 1 is 1.25 bits per heavy atom. The van der Waals surface area contributed by atoms with Crippen molar-refractivity contribution in [2.45, 2.75) is 64.5 Å². The molecule has 1 saturated carbocycles. The van der Waals surface area contributed by atoms with Gasteiger partial charge in [0.25, 0.3) is 0 Å². The highest BCUT2D eigenvalue weighted by atomic mass is 16.2. The zero-order chi connectivity index (χ0) is 11.6. The van der Waals surface area contributed by atoms with Gasteiger partial charge in [0.05, 0.1) is 6.04 Å². The SMILES string of the molecule is CC1(C)CCC(NC2CCCNC2=O)CC1. The number of hydrogen-bond donors (Lipinski definition) is 2. The van der Waals surface area contributed by atoms with Gasteiger partial charge in [0, 0.05) is 12.6 Å². The van der Waals surface area contributed by atoms with Gasteiger partial charge in [-0.25, -0.2) is 0 Å². The van der Waals surface area contributed by atoms with Gasteiger partial charge >= 0.3 is 0 Å². The lowest BCUT2D eigenvalue weighted by Crippen LogP contribution is -2.52. The molecule has 1 amide bonds. The van der Waals surface area contributed by atoms with Crippen molar-refractivity contribution >= 4 is 5.91 Å². The van der Waals surface area contributed by atoms with Gasteiger partial charge in [-0.05, 0) is 43.9 Å². The Labute approximate surface area is 98.4 Å². The molecule has 2 N–H and O–H groups in total. The van der Waals surface area contributed by atoms with Crippen LogP contribution in [0, 0.1) is 5.41 Å². The topological polar surface area (TPSA) is 41.1 Å². The third-order valence-electron chi connectivity index (χ3n) is 4.06. The highest BCUT2D eigenvalue weighted by molar-refractivity contribution is 5.82. The quantitative estimate of drug-likeness (QED) is 0.751. The van der Waals surface area contributed by atoms with E-state index in [-0.39, 0.29) is 11.9 Å². The van der Waals surface area contributed by atoms with Crippen LogP contribution < -0.4 is 10.6 Å². The smallest absolute Gasteiger partial charge is 0.237 e. The Morgan fingerprint density at radius 2 is 1.94 bits per heavy atom. The van der Waals surface area contributed by atoms with E-state index < -0.39 is 0 Å². The molecule has 1 unspecified atom stereocenters. The van der Waals surface area contributed by atoms with Crippen LogP contribution in [0.1, 0.15) is 52.4 Å². The summed E-state index contributed by atoms with van der Waals surface area (Å²) < 4.78 is 0. The first-order valence-electron chi connectivity index (χ1n) is 6.61. The second-order valence-corrected chi connectivity index (χ2v) is 6.09. The molecule has 0 spiro atoms. The molecule has 16 heavy (non-hydrogen) atoms. The number of carbonyl (C=O) groups is 1. The fourth-order valence-electron chi connectivity index (χ4n) is 2.78. The van der Waals surface area contributed by atoms with Crippen LogP contribution in [0.5, 0.6) is 0 Å². The summed E-state index contributed by atoms with van der Waals surface area (Å²) in [5.74, 6) is 0.205. The number of carbonyl (C=O) groups excluding carboxylic acids is 1. The third kappa shape index (κ3) is 2.97. The van der Waals surface area contributed by atoms with E-state index >= 15 is 0 Å². The van der Waals surface area contributed by atoms with Crippen LogP contribution in [0.3, 0.4) is 0 Å². The molecule has 2 aliphatic rings. The van der Waals surface area contributed by atoms with Crippen LogP contribution in [-0.4, -0.2) is 24.5 Å². The zero-order valence-corrected chi connectivity index (χ0v) is 10.5. The summed E-state index contributed by atoms with van der Waals surface area (Å²) in [5.41, 5.74) is 0.507. The molecule has 92 valence electrons. The van der Waals surface area contributed by atoms with Crippen molar-refractivity contribution in [3.05, 3.63) is 0 Å². The molecule has 0 aromatic rings. The van der Waals surface area contributed by atoms with Crippen molar-refractivity contribution in [2.75, 3.05) is 6.54 Å². The van der Waals surface area contributed by atoms with Crippen molar-refractivity contribution in [3.63, 3.8) is 0 Å². The van der Waals surface area contributed by atoms with Crippen molar-refractivity contribution in [2.24, 2.45) is 5.41 Å². The standard InChI is InChI=1S/C13H24N2O/c1-13(2)7-5-10(6-8-13)15-11-4-3-9-14-12(11)16/h10-11,15H,3-9H2,1-2H3,(H,14,16). The van der Waals surface area contributed by atoms with Gasteiger partial charge in [0.2, 0.25) is 5.91 Å². The van der Waals surface area contributed by atoms with Gasteiger partial charge in [0.15, 0.2) is 0 Å². The largest absolute Gasteiger partial charge is 0.355 e. The lowest BCUT2D eigenvalue weighted by Gasteiger charge is -2.37. The highest BCUT2D eigenvalue weighted by Crippen LogP contribution is 2.35.